The molecule has 0 N–H and O–H groups in total. The molecule has 0 spiro atoms. The maximum Gasteiger partial charge on any atom is 0.140 e. The summed E-state index contributed by atoms with van der Waals surface area (Å²) in [6.45, 7) is 1.85. The van der Waals surface area contributed by atoms with E-state index in [1.165, 1.54) is 23.9 Å². The molecule has 0 aliphatic heterocycles. The molecule has 0 unspecified atom stereocenters. The third-order valence-electron chi connectivity index (χ3n) is 2.13. The van der Waals surface area contributed by atoms with E-state index in [1.807, 2.05) is 6.92 Å². The molecule has 2 rings (SSSR count). The van der Waals surface area contributed by atoms with E-state index in [1.54, 1.807) is 12.3 Å². The van der Waals surface area contributed by atoms with E-state index in [-0.39, 0.29) is 0 Å². The van der Waals surface area contributed by atoms with Gasteiger partial charge in [0.05, 0.1) is 0 Å². The first-order valence-corrected chi connectivity index (χ1v) is 6.01. The molecule has 0 aliphatic carbocycles. The van der Waals surface area contributed by atoms with E-state index in [0.717, 1.165) is 16.5 Å². The third-order valence-corrected chi connectivity index (χ3v) is 3.55. The molecule has 5 heteroatoms. The second kappa shape index (κ2) is 5.02. The second-order valence-electron chi connectivity index (χ2n) is 3.45. The van der Waals surface area contributed by atoms with Gasteiger partial charge < -0.3 is 0 Å². The van der Waals surface area contributed by atoms with Crippen LogP contribution in [0.2, 0.25) is 5.15 Å². The normalized spacial score (nSPS) is 10.6. The van der Waals surface area contributed by atoms with Gasteiger partial charge in [0, 0.05) is 22.1 Å². The Bertz CT molecular complexity index is 560. The molecule has 1 heterocycles. The Morgan fingerprint density at radius 1 is 1.18 bits per heavy atom. The Balaban J connectivity index is 2.34. The van der Waals surface area contributed by atoms with Crippen LogP contribution >= 0.6 is 23.4 Å². The summed E-state index contributed by atoms with van der Waals surface area (Å²) in [6, 6.07) is 5.15. The molecule has 17 heavy (non-hydrogen) atoms. The standard InChI is InChI=1S/C12H8ClF2NS/c1-7-6-16-12(13)5-11(7)17-10-3-2-8(14)4-9(10)15/h2-6H,1H3. The van der Waals surface area contributed by atoms with E-state index in [2.05, 4.69) is 4.98 Å². The van der Waals surface area contributed by atoms with Crippen molar-refractivity contribution in [1.29, 1.82) is 0 Å². The van der Waals surface area contributed by atoms with Gasteiger partial charge in [-0.1, -0.05) is 23.4 Å². The Morgan fingerprint density at radius 2 is 1.94 bits per heavy atom. The van der Waals surface area contributed by atoms with Crippen LogP contribution in [0.4, 0.5) is 8.78 Å². The topological polar surface area (TPSA) is 12.9 Å². The fourth-order valence-corrected chi connectivity index (χ4v) is 2.40. The monoisotopic (exact) mass is 271 g/mol. The number of hydrogen-bond donors (Lipinski definition) is 0. The number of benzene rings is 1. The van der Waals surface area contributed by atoms with Crippen LogP contribution in [-0.4, -0.2) is 4.98 Å². The van der Waals surface area contributed by atoms with Crippen molar-refractivity contribution in [3.63, 3.8) is 0 Å². The molecule has 1 aromatic carbocycles. The largest absolute Gasteiger partial charge is 0.244 e. The first-order chi connectivity index (χ1) is 8.06. The number of nitrogens with zero attached hydrogens (tertiary/aromatic N) is 1. The van der Waals surface area contributed by atoms with Crippen LogP contribution in [0.25, 0.3) is 0 Å². The Kier molecular flexibility index (Phi) is 3.64. The van der Waals surface area contributed by atoms with Gasteiger partial charge in [-0.25, -0.2) is 13.8 Å². The fourth-order valence-electron chi connectivity index (χ4n) is 1.27. The van der Waals surface area contributed by atoms with Crippen molar-refractivity contribution >= 4 is 23.4 Å². The Morgan fingerprint density at radius 3 is 2.65 bits per heavy atom. The lowest BCUT2D eigenvalue weighted by atomic mass is 10.3. The number of pyridine rings is 1. The summed E-state index contributed by atoms with van der Waals surface area (Å²) < 4.78 is 26.2. The van der Waals surface area contributed by atoms with Gasteiger partial charge in [0.1, 0.15) is 16.8 Å². The number of halogens is 3. The van der Waals surface area contributed by atoms with Gasteiger partial charge in [-0.2, -0.15) is 0 Å². The summed E-state index contributed by atoms with van der Waals surface area (Å²) in [4.78, 5) is 5.08. The van der Waals surface area contributed by atoms with Crippen molar-refractivity contribution in [2.75, 3.05) is 0 Å². The minimum Gasteiger partial charge on any atom is -0.244 e. The first-order valence-electron chi connectivity index (χ1n) is 4.81. The zero-order chi connectivity index (χ0) is 12.4. The molecule has 0 saturated carbocycles. The van der Waals surface area contributed by atoms with Gasteiger partial charge in [0.15, 0.2) is 0 Å². The molecule has 0 fully saturated rings. The lowest BCUT2D eigenvalue weighted by molar-refractivity contribution is 0.565. The van der Waals surface area contributed by atoms with Crippen molar-refractivity contribution in [2.24, 2.45) is 0 Å². The highest BCUT2D eigenvalue weighted by atomic mass is 35.5. The molecule has 1 aromatic heterocycles. The van der Waals surface area contributed by atoms with E-state index in [9.17, 15) is 8.78 Å². The number of aromatic nitrogens is 1. The lowest BCUT2D eigenvalue weighted by Crippen LogP contribution is -1.87. The minimum absolute atomic E-state index is 0.348. The average molecular weight is 272 g/mol. The molecule has 0 aliphatic rings. The number of aryl methyl sites for hydroxylation is 1. The summed E-state index contributed by atoms with van der Waals surface area (Å²) in [6.07, 6.45) is 1.62. The van der Waals surface area contributed by atoms with Crippen molar-refractivity contribution in [1.82, 2.24) is 4.98 Å². The maximum absolute atomic E-state index is 13.5. The first kappa shape index (κ1) is 12.3. The molecule has 2 aromatic rings. The molecular formula is C12H8ClF2NS. The maximum atomic E-state index is 13.5. The van der Waals surface area contributed by atoms with Crippen molar-refractivity contribution in [3.8, 4) is 0 Å². The van der Waals surface area contributed by atoms with Crippen molar-refractivity contribution in [2.45, 2.75) is 16.7 Å². The quantitative estimate of drug-likeness (QED) is 0.747. The minimum atomic E-state index is -0.587. The molecule has 1 nitrogen and oxygen atoms in total. The van der Waals surface area contributed by atoms with Crippen LogP contribution < -0.4 is 0 Å². The predicted octanol–water partition coefficient (Wildman–Crippen LogP) is 4.47. The van der Waals surface area contributed by atoms with E-state index < -0.39 is 11.6 Å². The summed E-state index contributed by atoms with van der Waals surface area (Å²) in [5.74, 6) is -1.17. The van der Waals surface area contributed by atoms with Crippen LogP contribution in [0.5, 0.6) is 0 Å². The number of rotatable bonds is 2. The third kappa shape index (κ3) is 2.96. The Labute approximate surface area is 107 Å². The van der Waals surface area contributed by atoms with Gasteiger partial charge in [-0.15, -0.1) is 0 Å². The van der Waals surface area contributed by atoms with Crippen LogP contribution in [-0.2, 0) is 0 Å². The summed E-state index contributed by atoms with van der Waals surface area (Å²) in [5, 5.41) is 0.348. The summed E-state index contributed by atoms with van der Waals surface area (Å²) in [7, 11) is 0. The van der Waals surface area contributed by atoms with Gasteiger partial charge in [-0.05, 0) is 30.7 Å². The molecule has 0 atom stereocenters. The van der Waals surface area contributed by atoms with Gasteiger partial charge in [-0.3, -0.25) is 0 Å². The van der Waals surface area contributed by atoms with Gasteiger partial charge in [0.25, 0.3) is 0 Å². The number of hydrogen-bond acceptors (Lipinski definition) is 2. The Hall–Kier alpha value is -1.13. The molecule has 0 bridgehead atoms. The molecule has 0 saturated heterocycles. The smallest absolute Gasteiger partial charge is 0.140 e. The molecule has 0 amide bonds. The van der Waals surface area contributed by atoms with Crippen LogP contribution in [0.3, 0.4) is 0 Å². The van der Waals surface area contributed by atoms with E-state index >= 15 is 0 Å². The fraction of sp³-hybridized carbons (Fsp3) is 0.0833. The van der Waals surface area contributed by atoms with E-state index in [0.29, 0.717) is 10.0 Å². The lowest BCUT2D eigenvalue weighted by Gasteiger charge is -2.06. The van der Waals surface area contributed by atoms with Gasteiger partial charge >= 0.3 is 0 Å². The zero-order valence-electron chi connectivity index (χ0n) is 8.88. The molecular weight excluding hydrogens is 264 g/mol. The average Bonchev–Trinajstić information content (AvgIpc) is 2.27. The highest BCUT2D eigenvalue weighted by Gasteiger charge is 2.08. The van der Waals surface area contributed by atoms with Crippen LogP contribution in [0.15, 0.2) is 40.3 Å². The second-order valence-corrected chi connectivity index (χ2v) is 4.92. The highest BCUT2D eigenvalue weighted by Crippen LogP contribution is 2.33. The predicted molar refractivity (Wildman–Crippen MR) is 64.5 cm³/mol. The van der Waals surface area contributed by atoms with Crippen LogP contribution in [0, 0.1) is 18.6 Å². The SMILES string of the molecule is Cc1cnc(Cl)cc1Sc1ccc(F)cc1F. The van der Waals surface area contributed by atoms with Crippen molar-refractivity contribution < 1.29 is 8.78 Å². The summed E-state index contributed by atoms with van der Waals surface area (Å²) >= 11 is 6.97. The highest BCUT2D eigenvalue weighted by molar-refractivity contribution is 7.99. The zero-order valence-corrected chi connectivity index (χ0v) is 10.4. The van der Waals surface area contributed by atoms with E-state index in [4.69, 9.17) is 11.6 Å². The van der Waals surface area contributed by atoms with Gasteiger partial charge in [0.2, 0.25) is 0 Å². The van der Waals surface area contributed by atoms with Crippen molar-refractivity contribution in [3.05, 3.63) is 52.8 Å². The summed E-state index contributed by atoms with van der Waals surface area (Å²) in [5.41, 5.74) is 0.892. The molecule has 88 valence electrons. The van der Waals surface area contributed by atoms with Crippen LogP contribution in [0.1, 0.15) is 5.56 Å². The molecule has 0 radical (unpaired) electrons.